The smallest absolute Gasteiger partial charge is 0.367 e. The van der Waals surface area contributed by atoms with E-state index in [4.69, 9.17) is 4.74 Å². The molecule has 0 unspecified atom stereocenters. The van der Waals surface area contributed by atoms with E-state index in [1.807, 2.05) is 0 Å². The first kappa shape index (κ1) is 17.6. The minimum atomic E-state index is -0.968. The van der Waals surface area contributed by atoms with Gasteiger partial charge in [0.2, 0.25) is 0 Å². The van der Waals surface area contributed by atoms with E-state index in [2.05, 4.69) is 31.2 Å². The number of ether oxygens (including phenoxy) is 2. The Labute approximate surface area is 133 Å². The number of benzene rings is 1. The molecule has 0 radical (unpaired) electrons. The number of nitro benzene ring substituents is 1. The largest absolute Gasteiger partial charge is 0.461 e. The summed E-state index contributed by atoms with van der Waals surface area (Å²) >= 11 is 2.89. The Morgan fingerprint density at radius 1 is 1.27 bits per heavy atom. The van der Waals surface area contributed by atoms with Crippen LogP contribution < -0.4 is 5.43 Å². The van der Waals surface area contributed by atoms with Crippen molar-refractivity contribution >= 4 is 45.0 Å². The van der Waals surface area contributed by atoms with Crippen LogP contribution in [0.25, 0.3) is 0 Å². The zero-order chi connectivity index (χ0) is 16.5. The first-order valence-corrected chi connectivity index (χ1v) is 7.10. The number of hydrogen-bond acceptors (Lipinski definition) is 8. The second-order valence-corrected chi connectivity index (χ2v) is 4.10. The topological polar surface area (TPSA) is 120 Å². The van der Waals surface area contributed by atoms with Gasteiger partial charge in [0.25, 0.3) is 11.4 Å². The molecule has 0 bridgehead atoms. The van der Waals surface area contributed by atoms with Crippen molar-refractivity contribution in [3.63, 3.8) is 0 Å². The SMILES string of the molecule is CCOC(=O)/C(=N/Nc1ccc([N+](=O)[O-])cc1)C(=O)OCBr. The molecule has 10 heteroatoms. The fraction of sp³-hybridized carbons (Fsp3) is 0.250. The third-order valence-electron chi connectivity index (χ3n) is 2.22. The molecule has 1 aromatic rings. The number of non-ortho nitro benzene ring substituents is 1. The molecular formula is C12H12BrN3O6. The number of rotatable bonds is 7. The molecule has 0 saturated carbocycles. The Kier molecular flexibility index (Phi) is 6.96. The van der Waals surface area contributed by atoms with Crippen molar-refractivity contribution in [3.05, 3.63) is 34.4 Å². The second-order valence-electron chi connectivity index (χ2n) is 3.64. The minimum Gasteiger partial charge on any atom is -0.461 e. The highest BCUT2D eigenvalue weighted by molar-refractivity contribution is 9.09. The van der Waals surface area contributed by atoms with Crippen LogP contribution in [0.1, 0.15) is 6.92 Å². The predicted molar refractivity (Wildman–Crippen MR) is 80.7 cm³/mol. The van der Waals surface area contributed by atoms with Crippen LogP contribution in [0, 0.1) is 10.1 Å². The molecule has 0 aromatic heterocycles. The molecule has 0 aliphatic carbocycles. The molecule has 118 valence electrons. The Bertz CT molecular complexity index is 567. The van der Waals surface area contributed by atoms with Gasteiger partial charge in [-0.1, -0.05) is 0 Å². The van der Waals surface area contributed by atoms with E-state index < -0.39 is 22.6 Å². The highest BCUT2D eigenvalue weighted by atomic mass is 79.9. The number of nitrogens with one attached hydrogen (secondary N) is 1. The third-order valence-corrected chi connectivity index (χ3v) is 2.45. The number of hydrazone groups is 1. The van der Waals surface area contributed by atoms with Crippen LogP contribution in [0.15, 0.2) is 29.4 Å². The van der Waals surface area contributed by atoms with Gasteiger partial charge in [-0.2, -0.15) is 5.10 Å². The third kappa shape index (κ3) is 5.13. The fourth-order valence-corrected chi connectivity index (χ4v) is 1.48. The Morgan fingerprint density at radius 3 is 2.36 bits per heavy atom. The van der Waals surface area contributed by atoms with Gasteiger partial charge in [-0.05, 0) is 35.0 Å². The van der Waals surface area contributed by atoms with Crippen LogP contribution in [0.5, 0.6) is 0 Å². The summed E-state index contributed by atoms with van der Waals surface area (Å²) in [5.74, 6) is -1.91. The lowest BCUT2D eigenvalue weighted by molar-refractivity contribution is -0.384. The Hall–Kier alpha value is -2.49. The maximum Gasteiger partial charge on any atom is 0.367 e. The predicted octanol–water partition coefficient (Wildman–Crippen LogP) is 1.82. The quantitative estimate of drug-likeness (QED) is 0.193. The van der Waals surface area contributed by atoms with E-state index in [0.29, 0.717) is 5.69 Å². The first-order valence-electron chi connectivity index (χ1n) is 5.98. The summed E-state index contributed by atoms with van der Waals surface area (Å²) in [6.45, 7) is 1.64. The molecule has 1 rings (SSSR count). The monoisotopic (exact) mass is 373 g/mol. The highest BCUT2D eigenvalue weighted by Gasteiger charge is 2.23. The lowest BCUT2D eigenvalue weighted by Crippen LogP contribution is -2.29. The number of nitro groups is 1. The average Bonchev–Trinajstić information content (AvgIpc) is 2.48. The molecule has 0 saturated heterocycles. The molecule has 1 aromatic carbocycles. The van der Waals surface area contributed by atoms with Crippen LogP contribution in [0.2, 0.25) is 0 Å². The van der Waals surface area contributed by atoms with E-state index in [0.717, 1.165) is 0 Å². The molecule has 22 heavy (non-hydrogen) atoms. The van der Waals surface area contributed by atoms with Crippen molar-refractivity contribution in [1.82, 2.24) is 0 Å². The Morgan fingerprint density at radius 2 is 1.86 bits per heavy atom. The maximum atomic E-state index is 11.6. The first-order chi connectivity index (χ1) is 10.5. The van der Waals surface area contributed by atoms with Gasteiger partial charge in [-0.15, -0.1) is 0 Å². The summed E-state index contributed by atoms with van der Waals surface area (Å²) in [5, 5.41) is 14.2. The average molecular weight is 374 g/mol. The molecule has 0 heterocycles. The van der Waals surface area contributed by atoms with Crippen LogP contribution in [-0.4, -0.2) is 34.7 Å². The van der Waals surface area contributed by atoms with Crippen LogP contribution in [-0.2, 0) is 19.1 Å². The zero-order valence-electron chi connectivity index (χ0n) is 11.4. The van der Waals surface area contributed by atoms with Gasteiger partial charge in [0.1, 0.15) is 5.52 Å². The van der Waals surface area contributed by atoms with Gasteiger partial charge in [0, 0.05) is 12.1 Å². The van der Waals surface area contributed by atoms with Crippen molar-refractivity contribution in [1.29, 1.82) is 0 Å². The summed E-state index contributed by atoms with van der Waals surface area (Å²) in [5.41, 5.74) is 2.01. The number of halogens is 1. The number of nitrogens with zero attached hydrogens (tertiary/aromatic N) is 2. The molecule has 0 amide bonds. The van der Waals surface area contributed by atoms with E-state index in [-0.39, 0.29) is 17.8 Å². The summed E-state index contributed by atoms with van der Waals surface area (Å²) in [6, 6.07) is 5.25. The summed E-state index contributed by atoms with van der Waals surface area (Å²) < 4.78 is 9.32. The summed E-state index contributed by atoms with van der Waals surface area (Å²) in [6.07, 6.45) is 0. The summed E-state index contributed by atoms with van der Waals surface area (Å²) in [7, 11) is 0. The standard InChI is InChI=1S/C12H12BrN3O6/c1-2-21-11(17)10(12(18)22-7-13)15-14-8-3-5-9(6-4-8)16(19)20/h3-6,14H,2,7H2,1H3/b15-10-. The molecule has 0 fully saturated rings. The van der Waals surface area contributed by atoms with Crippen molar-refractivity contribution in [2.75, 3.05) is 17.5 Å². The van der Waals surface area contributed by atoms with E-state index in [1.165, 1.54) is 24.3 Å². The van der Waals surface area contributed by atoms with Gasteiger partial charge in [-0.3, -0.25) is 15.5 Å². The molecule has 0 spiro atoms. The number of alkyl halides is 1. The molecule has 0 aliphatic heterocycles. The fourth-order valence-electron chi connectivity index (χ4n) is 1.27. The van der Waals surface area contributed by atoms with Crippen molar-refractivity contribution < 1.29 is 24.0 Å². The molecular weight excluding hydrogens is 362 g/mol. The minimum absolute atomic E-state index is 0.0664. The molecule has 0 aliphatic rings. The summed E-state index contributed by atoms with van der Waals surface area (Å²) in [4.78, 5) is 33.2. The number of carbonyl (C=O) groups excluding carboxylic acids is 2. The number of anilines is 1. The number of esters is 2. The van der Waals surface area contributed by atoms with E-state index >= 15 is 0 Å². The van der Waals surface area contributed by atoms with Crippen molar-refractivity contribution in [3.8, 4) is 0 Å². The molecule has 1 N–H and O–H groups in total. The maximum absolute atomic E-state index is 11.6. The van der Waals surface area contributed by atoms with Crippen LogP contribution in [0.4, 0.5) is 11.4 Å². The van der Waals surface area contributed by atoms with Gasteiger partial charge in [0.05, 0.1) is 17.2 Å². The van der Waals surface area contributed by atoms with Gasteiger partial charge < -0.3 is 9.47 Å². The normalized spacial score (nSPS) is 10.7. The van der Waals surface area contributed by atoms with Crippen molar-refractivity contribution in [2.24, 2.45) is 5.10 Å². The second kappa shape index (κ2) is 8.72. The van der Waals surface area contributed by atoms with Crippen molar-refractivity contribution in [2.45, 2.75) is 6.92 Å². The number of hydrogen-bond donors (Lipinski definition) is 1. The number of carbonyl (C=O) groups is 2. The van der Waals surface area contributed by atoms with Gasteiger partial charge in [-0.25, -0.2) is 9.59 Å². The Balaban J connectivity index is 2.89. The highest BCUT2D eigenvalue weighted by Crippen LogP contribution is 2.15. The lowest BCUT2D eigenvalue weighted by atomic mass is 10.3. The van der Waals surface area contributed by atoms with E-state index in [9.17, 15) is 19.7 Å². The van der Waals surface area contributed by atoms with Gasteiger partial charge >= 0.3 is 11.9 Å². The van der Waals surface area contributed by atoms with E-state index in [1.54, 1.807) is 6.92 Å². The van der Waals surface area contributed by atoms with Crippen LogP contribution in [0.3, 0.4) is 0 Å². The zero-order valence-corrected chi connectivity index (χ0v) is 13.0. The van der Waals surface area contributed by atoms with Gasteiger partial charge in [0.15, 0.2) is 0 Å². The van der Waals surface area contributed by atoms with Crippen LogP contribution >= 0.6 is 15.9 Å². The molecule has 0 atom stereocenters. The molecule has 9 nitrogen and oxygen atoms in total. The lowest BCUT2D eigenvalue weighted by Gasteiger charge is -2.06.